The van der Waals surface area contributed by atoms with Gasteiger partial charge >= 0.3 is 0 Å². The van der Waals surface area contributed by atoms with Gasteiger partial charge < -0.3 is 20.4 Å². The molecular weight excluding hydrogens is 388 g/mol. The Balaban J connectivity index is 1.50. The molecule has 1 heterocycles. The molecule has 3 rings (SSSR count). The lowest BCUT2D eigenvalue weighted by atomic mass is 10.00. The Labute approximate surface area is 186 Å². The Morgan fingerprint density at radius 3 is 2.19 bits per heavy atom. The molecule has 2 unspecified atom stereocenters. The number of fused-ring (bicyclic) bond motifs is 1. The molecule has 1 fully saturated rings. The lowest BCUT2D eigenvalue weighted by Crippen LogP contribution is -3.18. The van der Waals surface area contributed by atoms with E-state index in [1.165, 1.54) is 20.6 Å². The van der Waals surface area contributed by atoms with E-state index in [9.17, 15) is 9.59 Å². The van der Waals surface area contributed by atoms with Crippen LogP contribution < -0.4 is 20.4 Å². The third-order valence-corrected chi connectivity index (χ3v) is 5.90. The standard InChI is InChI=1S/C25H36N4O2/c1-19(21-12-7-10-20-9-5-6-11-22(20)21)26-23(30)17-28-13-8-14-29(16-15-28)18-24(31)27-25(2,3)4/h5-7,9-12,19H,8,13-18H2,1-4H3,(H,26,30)(H,27,31)/p+2/t19-/m0/s1. The van der Waals surface area contributed by atoms with E-state index in [2.05, 4.69) is 41.8 Å². The van der Waals surface area contributed by atoms with Crippen molar-refractivity contribution in [3.05, 3.63) is 48.0 Å². The topological polar surface area (TPSA) is 67.1 Å². The van der Waals surface area contributed by atoms with Gasteiger partial charge in [0.1, 0.15) is 13.1 Å². The summed E-state index contributed by atoms with van der Waals surface area (Å²) >= 11 is 0. The molecule has 1 aliphatic rings. The van der Waals surface area contributed by atoms with Gasteiger partial charge in [0.2, 0.25) is 0 Å². The van der Waals surface area contributed by atoms with Crippen molar-refractivity contribution >= 4 is 22.6 Å². The summed E-state index contributed by atoms with van der Waals surface area (Å²) in [5.74, 6) is 0.192. The maximum atomic E-state index is 12.8. The molecule has 0 aromatic heterocycles. The van der Waals surface area contributed by atoms with E-state index in [0.29, 0.717) is 13.1 Å². The molecule has 4 N–H and O–H groups in total. The van der Waals surface area contributed by atoms with Crippen LogP contribution in [0.2, 0.25) is 0 Å². The first-order valence-corrected chi connectivity index (χ1v) is 11.5. The zero-order valence-electron chi connectivity index (χ0n) is 19.4. The minimum Gasteiger partial charge on any atom is -0.347 e. The predicted molar refractivity (Wildman–Crippen MR) is 124 cm³/mol. The molecule has 2 aromatic carbocycles. The van der Waals surface area contributed by atoms with Crippen LogP contribution >= 0.6 is 0 Å². The molecular formula is C25H38N4O2+2. The van der Waals surface area contributed by atoms with Gasteiger partial charge in [0.15, 0.2) is 13.1 Å². The third kappa shape index (κ3) is 7.04. The van der Waals surface area contributed by atoms with Crippen LogP contribution in [0.3, 0.4) is 0 Å². The van der Waals surface area contributed by atoms with Crippen molar-refractivity contribution in [2.45, 2.75) is 45.7 Å². The van der Waals surface area contributed by atoms with Crippen LogP contribution in [0.5, 0.6) is 0 Å². The van der Waals surface area contributed by atoms with Gasteiger partial charge in [-0.3, -0.25) is 9.59 Å². The highest BCUT2D eigenvalue weighted by Crippen LogP contribution is 2.23. The monoisotopic (exact) mass is 426 g/mol. The summed E-state index contributed by atoms with van der Waals surface area (Å²) in [4.78, 5) is 27.6. The largest absolute Gasteiger partial charge is 0.347 e. The smallest absolute Gasteiger partial charge is 0.275 e. The first kappa shape index (κ1) is 23.2. The van der Waals surface area contributed by atoms with E-state index in [1.54, 1.807) is 0 Å². The van der Waals surface area contributed by atoms with Crippen molar-refractivity contribution in [2.75, 3.05) is 39.3 Å². The second kappa shape index (κ2) is 10.2. The molecule has 0 spiro atoms. The SMILES string of the molecule is C[C@H](NC(=O)C[NH+]1CCC[NH+](CC(=O)NC(C)(C)C)CC1)c1cccc2ccccc12. The molecule has 6 heteroatoms. The highest BCUT2D eigenvalue weighted by molar-refractivity contribution is 5.87. The van der Waals surface area contributed by atoms with Crippen molar-refractivity contribution < 1.29 is 19.4 Å². The predicted octanol–water partition coefficient (Wildman–Crippen LogP) is 0.105. The number of quaternary nitrogens is 2. The van der Waals surface area contributed by atoms with E-state index >= 15 is 0 Å². The zero-order chi connectivity index (χ0) is 22.4. The molecule has 3 atom stereocenters. The van der Waals surface area contributed by atoms with Crippen molar-refractivity contribution in [3.8, 4) is 0 Å². The number of carbonyl (C=O) groups is 2. The maximum Gasteiger partial charge on any atom is 0.275 e. The number of nitrogens with one attached hydrogen (secondary N) is 4. The molecule has 2 aromatic rings. The summed E-state index contributed by atoms with van der Waals surface area (Å²) in [6.07, 6.45) is 1.03. The van der Waals surface area contributed by atoms with Crippen molar-refractivity contribution in [2.24, 2.45) is 0 Å². The molecule has 0 aliphatic carbocycles. The third-order valence-electron chi connectivity index (χ3n) is 5.90. The first-order valence-electron chi connectivity index (χ1n) is 11.5. The Hall–Kier alpha value is -2.44. The molecule has 2 amide bonds. The molecule has 1 aliphatic heterocycles. The number of amides is 2. The number of rotatable bonds is 6. The number of carbonyl (C=O) groups excluding carboxylic acids is 2. The Morgan fingerprint density at radius 1 is 0.903 bits per heavy atom. The van der Waals surface area contributed by atoms with Crippen LogP contribution in [0.15, 0.2) is 42.5 Å². The van der Waals surface area contributed by atoms with Gasteiger partial charge in [-0.05, 0) is 44.0 Å². The van der Waals surface area contributed by atoms with Crippen LogP contribution in [0, 0.1) is 0 Å². The zero-order valence-corrected chi connectivity index (χ0v) is 19.4. The van der Waals surface area contributed by atoms with Gasteiger partial charge in [0.05, 0.1) is 19.1 Å². The summed E-state index contributed by atoms with van der Waals surface area (Å²) < 4.78 is 0. The van der Waals surface area contributed by atoms with Gasteiger partial charge in [0, 0.05) is 12.0 Å². The van der Waals surface area contributed by atoms with Crippen molar-refractivity contribution in [1.29, 1.82) is 0 Å². The van der Waals surface area contributed by atoms with Crippen LogP contribution in [0.25, 0.3) is 10.8 Å². The second-order valence-electron chi connectivity index (χ2n) is 9.86. The van der Waals surface area contributed by atoms with Crippen LogP contribution in [-0.2, 0) is 9.59 Å². The molecule has 31 heavy (non-hydrogen) atoms. The molecule has 6 nitrogen and oxygen atoms in total. The average molecular weight is 427 g/mol. The van der Waals surface area contributed by atoms with Crippen LogP contribution in [0.1, 0.15) is 45.7 Å². The van der Waals surface area contributed by atoms with E-state index < -0.39 is 0 Å². The summed E-state index contributed by atoms with van der Waals surface area (Å²) in [7, 11) is 0. The lowest BCUT2D eigenvalue weighted by molar-refractivity contribution is -0.930. The van der Waals surface area contributed by atoms with E-state index in [0.717, 1.165) is 38.2 Å². The van der Waals surface area contributed by atoms with Crippen LogP contribution in [-0.4, -0.2) is 56.6 Å². The van der Waals surface area contributed by atoms with Gasteiger partial charge in [-0.15, -0.1) is 0 Å². The number of hydrogen-bond acceptors (Lipinski definition) is 2. The van der Waals surface area contributed by atoms with Crippen molar-refractivity contribution in [1.82, 2.24) is 10.6 Å². The summed E-state index contributed by atoms with van der Waals surface area (Å²) in [5, 5.41) is 8.62. The fraction of sp³-hybridized carbons (Fsp3) is 0.520. The van der Waals surface area contributed by atoms with Crippen molar-refractivity contribution in [3.63, 3.8) is 0 Å². The van der Waals surface area contributed by atoms with E-state index in [4.69, 9.17) is 0 Å². The fourth-order valence-corrected chi connectivity index (χ4v) is 4.46. The number of benzene rings is 2. The minimum atomic E-state index is -0.196. The van der Waals surface area contributed by atoms with E-state index in [1.807, 2.05) is 39.0 Å². The molecule has 0 bridgehead atoms. The Kier molecular flexibility index (Phi) is 7.68. The van der Waals surface area contributed by atoms with E-state index in [-0.39, 0.29) is 23.4 Å². The Morgan fingerprint density at radius 2 is 1.52 bits per heavy atom. The normalized spacial score (nSPS) is 20.6. The quantitative estimate of drug-likeness (QED) is 0.530. The lowest BCUT2D eigenvalue weighted by Gasteiger charge is -2.23. The average Bonchev–Trinajstić information content (AvgIpc) is 2.91. The molecule has 0 saturated carbocycles. The highest BCUT2D eigenvalue weighted by atomic mass is 16.2. The maximum absolute atomic E-state index is 12.8. The Bertz CT molecular complexity index is 901. The molecule has 1 saturated heterocycles. The number of hydrogen-bond donors (Lipinski definition) is 4. The fourth-order valence-electron chi connectivity index (χ4n) is 4.46. The summed E-state index contributed by atoms with van der Waals surface area (Å²) in [5.41, 5.74) is 0.955. The molecule has 168 valence electrons. The van der Waals surface area contributed by atoms with Gasteiger partial charge in [-0.2, -0.15) is 0 Å². The summed E-state index contributed by atoms with van der Waals surface area (Å²) in [6.45, 7) is 12.8. The van der Waals surface area contributed by atoms with Crippen LogP contribution in [0.4, 0.5) is 0 Å². The van der Waals surface area contributed by atoms with Gasteiger partial charge in [-0.25, -0.2) is 0 Å². The first-order chi connectivity index (χ1) is 14.7. The van der Waals surface area contributed by atoms with Gasteiger partial charge in [0.25, 0.3) is 11.8 Å². The highest BCUT2D eigenvalue weighted by Gasteiger charge is 2.25. The van der Waals surface area contributed by atoms with Gasteiger partial charge in [-0.1, -0.05) is 42.5 Å². The minimum absolute atomic E-state index is 0.0341. The summed E-state index contributed by atoms with van der Waals surface area (Å²) in [6, 6.07) is 14.5. The second-order valence-corrected chi connectivity index (χ2v) is 9.86. The molecule has 0 radical (unpaired) electrons.